The van der Waals surface area contributed by atoms with E-state index >= 15 is 0 Å². The van der Waals surface area contributed by atoms with Gasteiger partial charge in [-0.3, -0.25) is 4.79 Å². The second kappa shape index (κ2) is 9.55. The molecule has 0 unspecified atom stereocenters. The summed E-state index contributed by atoms with van der Waals surface area (Å²) in [4.78, 5) is 14.6. The Labute approximate surface area is 167 Å². The van der Waals surface area contributed by atoms with Crippen molar-refractivity contribution in [3.63, 3.8) is 0 Å². The van der Waals surface area contributed by atoms with Gasteiger partial charge in [0.25, 0.3) is 8.32 Å². The minimum atomic E-state index is -2.74. The zero-order chi connectivity index (χ0) is 20.6. The molecule has 0 saturated heterocycles. The van der Waals surface area contributed by atoms with Crippen LogP contribution in [0.25, 0.3) is 10.4 Å². The van der Waals surface area contributed by atoms with Crippen molar-refractivity contribution in [1.29, 1.82) is 0 Å². The van der Waals surface area contributed by atoms with E-state index in [1.165, 1.54) is 7.11 Å². The second-order valence-corrected chi connectivity index (χ2v) is 11.9. The van der Waals surface area contributed by atoms with Gasteiger partial charge in [-0.15, -0.1) is 0 Å². The van der Waals surface area contributed by atoms with Crippen LogP contribution in [0.2, 0.25) is 5.04 Å². The summed E-state index contributed by atoms with van der Waals surface area (Å²) < 4.78 is 11.4. The highest BCUT2D eigenvalue weighted by Crippen LogP contribution is 2.36. The lowest BCUT2D eigenvalue weighted by atomic mass is 10.2. The van der Waals surface area contributed by atoms with Crippen molar-refractivity contribution in [1.82, 2.24) is 0 Å². The molecule has 2 rings (SSSR count). The van der Waals surface area contributed by atoms with Crippen molar-refractivity contribution in [2.75, 3.05) is 13.7 Å². The second-order valence-electron chi connectivity index (χ2n) is 7.61. The largest absolute Gasteiger partial charge is 0.469 e. The van der Waals surface area contributed by atoms with Gasteiger partial charge in [0.1, 0.15) is 0 Å². The molecular formula is C21H27N3O3Si. The Morgan fingerprint density at radius 1 is 1.07 bits per heavy atom. The Hall–Kier alpha value is -2.60. The number of rotatable bonds is 8. The van der Waals surface area contributed by atoms with Gasteiger partial charge in [0.15, 0.2) is 0 Å². The first-order chi connectivity index (χ1) is 13.3. The van der Waals surface area contributed by atoms with Gasteiger partial charge < -0.3 is 9.16 Å². The molecule has 0 radical (unpaired) electrons. The van der Waals surface area contributed by atoms with E-state index in [2.05, 4.69) is 55.1 Å². The predicted octanol–water partition coefficient (Wildman–Crippen LogP) is 3.81. The fourth-order valence-corrected chi connectivity index (χ4v) is 8.06. The molecule has 6 nitrogen and oxygen atoms in total. The molecule has 0 aliphatic heterocycles. The Kier molecular flexibility index (Phi) is 7.40. The van der Waals surface area contributed by atoms with Gasteiger partial charge in [0, 0.05) is 11.5 Å². The summed E-state index contributed by atoms with van der Waals surface area (Å²) in [7, 11) is -1.42. The van der Waals surface area contributed by atoms with E-state index in [1.807, 2.05) is 36.4 Å². The molecule has 0 bridgehead atoms. The van der Waals surface area contributed by atoms with Crippen molar-refractivity contribution in [2.24, 2.45) is 5.11 Å². The lowest BCUT2D eigenvalue weighted by molar-refractivity contribution is -0.141. The van der Waals surface area contributed by atoms with Gasteiger partial charge >= 0.3 is 5.97 Å². The van der Waals surface area contributed by atoms with Gasteiger partial charge in [-0.1, -0.05) is 86.5 Å². The van der Waals surface area contributed by atoms with E-state index in [-0.39, 0.29) is 18.1 Å². The first-order valence-corrected chi connectivity index (χ1v) is 11.1. The van der Waals surface area contributed by atoms with Crippen LogP contribution < -0.4 is 10.4 Å². The molecule has 148 valence electrons. The molecule has 1 atom stereocenters. The van der Waals surface area contributed by atoms with Crippen LogP contribution in [0.5, 0.6) is 0 Å². The third-order valence-corrected chi connectivity index (χ3v) is 9.76. The highest BCUT2D eigenvalue weighted by atomic mass is 28.4. The summed E-state index contributed by atoms with van der Waals surface area (Å²) in [6.07, 6.45) is -0.0151. The van der Waals surface area contributed by atoms with E-state index < -0.39 is 20.3 Å². The first-order valence-electron chi connectivity index (χ1n) is 9.21. The van der Waals surface area contributed by atoms with Gasteiger partial charge in [0.05, 0.1) is 19.6 Å². The van der Waals surface area contributed by atoms with Crippen LogP contribution in [0.4, 0.5) is 0 Å². The number of ether oxygens (including phenoxy) is 1. The van der Waals surface area contributed by atoms with Crippen LogP contribution in [0, 0.1) is 0 Å². The maximum Gasteiger partial charge on any atom is 0.306 e. The molecule has 2 aromatic rings. The summed E-state index contributed by atoms with van der Waals surface area (Å²) in [5.74, 6) is -0.427. The third-order valence-electron chi connectivity index (χ3n) is 4.75. The van der Waals surface area contributed by atoms with Crippen molar-refractivity contribution in [3.05, 3.63) is 71.1 Å². The number of hydrogen-bond acceptors (Lipinski definition) is 4. The maximum absolute atomic E-state index is 11.7. The molecular weight excluding hydrogens is 370 g/mol. The highest BCUT2D eigenvalue weighted by Gasteiger charge is 2.50. The van der Waals surface area contributed by atoms with E-state index in [0.29, 0.717) is 0 Å². The lowest BCUT2D eigenvalue weighted by Gasteiger charge is -2.43. The molecule has 0 fully saturated rings. The standard InChI is InChI=1S/C21H27N3O3Si/c1-21(2,3)28(18-11-7-5-8-12-18,19-13-9-6-10-14-19)27-16-17(23-24-22)15-20(25)26-4/h5-14,17H,15-16H2,1-4H3/t17-/m0/s1. The molecule has 2 aromatic carbocycles. The van der Waals surface area contributed by atoms with Crippen LogP contribution in [0.1, 0.15) is 27.2 Å². The van der Waals surface area contributed by atoms with Crippen molar-refractivity contribution < 1.29 is 14.0 Å². The van der Waals surface area contributed by atoms with Crippen molar-refractivity contribution in [2.45, 2.75) is 38.3 Å². The summed E-state index contributed by atoms with van der Waals surface area (Å²) in [6.45, 7) is 6.65. The van der Waals surface area contributed by atoms with Crippen molar-refractivity contribution in [3.8, 4) is 0 Å². The maximum atomic E-state index is 11.7. The normalized spacial score (nSPS) is 12.7. The molecule has 0 aliphatic rings. The summed E-state index contributed by atoms with van der Waals surface area (Å²) >= 11 is 0. The first kappa shape index (κ1) is 21.7. The van der Waals surface area contributed by atoms with Crippen LogP contribution in [0.3, 0.4) is 0 Å². The van der Waals surface area contributed by atoms with Crippen LogP contribution in [-0.2, 0) is 14.0 Å². The molecule has 0 aromatic heterocycles. The number of carbonyl (C=O) groups excluding carboxylic acids is 1. The highest BCUT2D eigenvalue weighted by molar-refractivity contribution is 6.99. The molecule has 7 heteroatoms. The molecule has 0 amide bonds. The smallest absolute Gasteiger partial charge is 0.306 e. The lowest BCUT2D eigenvalue weighted by Crippen LogP contribution is -2.67. The average molecular weight is 398 g/mol. The fraction of sp³-hybridized carbons (Fsp3) is 0.381. The quantitative estimate of drug-likeness (QED) is 0.223. The summed E-state index contributed by atoms with van der Waals surface area (Å²) in [5.41, 5.74) is 8.91. The topological polar surface area (TPSA) is 84.3 Å². The van der Waals surface area contributed by atoms with Gasteiger partial charge in [-0.05, 0) is 20.9 Å². The average Bonchev–Trinajstić information content (AvgIpc) is 2.69. The fourth-order valence-electron chi connectivity index (χ4n) is 3.46. The number of nitrogens with zero attached hydrogens (tertiary/aromatic N) is 3. The molecule has 0 spiro atoms. The minimum absolute atomic E-state index is 0.0151. The van der Waals surface area contributed by atoms with E-state index in [1.54, 1.807) is 0 Å². The Morgan fingerprint density at radius 2 is 1.57 bits per heavy atom. The van der Waals surface area contributed by atoms with Crippen LogP contribution in [-0.4, -0.2) is 34.0 Å². The number of hydrogen-bond donors (Lipinski definition) is 0. The van der Waals surface area contributed by atoms with Crippen LogP contribution >= 0.6 is 0 Å². The molecule has 0 saturated carbocycles. The summed E-state index contributed by atoms with van der Waals surface area (Å²) in [6, 6.07) is 19.7. The van der Waals surface area contributed by atoms with Gasteiger partial charge in [-0.25, -0.2) is 0 Å². The van der Waals surface area contributed by atoms with Crippen LogP contribution in [0.15, 0.2) is 65.8 Å². The van der Waals surface area contributed by atoms with Gasteiger partial charge in [0.2, 0.25) is 0 Å². The minimum Gasteiger partial charge on any atom is -0.469 e. The zero-order valence-electron chi connectivity index (χ0n) is 16.8. The third kappa shape index (κ3) is 4.81. The van der Waals surface area contributed by atoms with Crippen molar-refractivity contribution >= 4 is 24.7 Å². The molecule has 0 aliphatic carbocycles. The number of azide groups is 1. The van der Waals surface area contributed by atoms with E-state index in [0.717, 1.165) is 10.4 Å². The SMILES string of the molecule is COC(=O)C[C@@H](CO[Si](c1ccccc1)(c1ccccc1)C(C)(C)C)N=[N+]=[N-]. The van der Waals surface area contributed by atoms with Gasteiger partial charge in [-0.2, -0.15) is 0 Å². The molecule has 28 heavy (non-hydrogen) atoms. The Morgan fingerprint density at radius 3 is 1.96 bits per heavy atom. The van der Waals surface area contributed by atoms with E-state index in [9.17, 15) is 4.79 Å². The van der Waals surface area contributed by atoms with E-state index in [4.69, 9.17) is 14.7 Å². The molecule has 0 heterocycles. The number of esters is 1. The summed E-state index contributed by atoms with van der Waals surface area (Å²) in [5, 5.41) is 5.83. The molecule has 0 N–H and O–H groups in total. The number of carbonyl (C=O) groups is 1. The monoisotopic (exact) mass is 397 g/mol. The predicted molar refractivity (Wildman–Crippen MR) is 113 cm³/mol. The number of benzene rings is 2. The Balaban J connectivity index is 2.52. The Bertz CT molecular complexity index is 776. The zero-order valence-corrected chi connectivity index (χ0v) is 17.8. The number of methoxy groups -OCH3 is 1.